The van der Waals surface area contributed by atoms with E-state index in [-0.39, 0.29) is 28.6 Å². The van der Waals surface area contributed by atoms with Crippen molar-refractivity contribution in [2.24, 2.45) is 0 Å². The second kappa shape index (κ2) is 7.92. The van der Waals surface area contributed by atoms with Crippen molar-refractivity contribution < 1.29 is 13.5 Å². The summed E-state index contributed by atoms with van der Waals surface area (Å²) >= 11 is 3.08. The molecule has 0 spiro atoms. The van der Waals surface area contributed by atoms with Gasteiger partial charge in [0.25, 0.3) is 0 Å². The highest BCUT2D eigenvalue weighted by Gasteiger charge is 2.23. The van der Waals surface area contributed by atoms with Gasteiger partial charge in [-0.15, -0.1) is 0 Å². The first-order chi connectivity index (χ1) is 9.04. The standard InChI is InChI=1S/C14H20BrF2NO/c1-4-13(19-5-2)12(18-3)8-9-11(16)7-6-10(15)14(9)17/h6-7,12-13,18H,4-5,8H2,1-3H3. The van der Waals surface area contributed by atoms with E-state index in [0.717, 1.165) is 6.42 Å². The van der Waals surface area contributed by atoms with Crippen molar-refractivity contribution in [2.45, 2.75) is 38.8 Å². The van der Waals surface area contributed by atoms with E-state index in [1.807, 2.05) is 13.8 Å². The zero-order valence-electron chi connectivity index (χ0n) is 11.5. The van der Waals surface area contributed by atoms with Crippen molar-refractivity contribution in [3.05, 3.63) is 33.8 Å². The predicted molar refractivity (Wildman–Crippen MR) is 76.3 cm³/mol. The van der Waals surface area contributed by atoms with Gasteiger partial charge in [0.05, 0.1) is 10.6 Å². The van der Waals surface area contributed by atoms with E-state index >= 15 is 0 Å². The van der Waals surface area contributed by atoms with Crippen LogP contribution in [0.5, 0.6) is 0 Å². The van der Waals surface area contributed by atoms with Crippen LogP contribution in [0.15, 0.2) is 16.6 Å². The summed E-state index contributed by atoms with van der Waals surface area (Å²) < 4.78 is 33.6. The Hall–Kier alpha value is -0.520. The van der Waals surface area contributed by atoms with Crippen LogP contribution >= 0.6 is 15.9 Å². The molecule has 0 amide bonds. The first kappa shape index (κ1) is 16.5. The Kier molecular flexibility index (Phi) is 6.89. The van der Waals surface area contributed by atoms with E-state index in [9.17, 15) is 8.78 Å². The summed E-state index contributed by atoms with van der Waals surface area (Å²) in [6.45, 7) is 4.49. The zero-order valence-corrected chi connectivity index (χ0v) is 13.1. The van der Waals surface area contributed by atoms with Crippen molar-refractivity contribution in [1.82, 2.24) is 5.32 Å². The Morgan fingerprint density at radius 2 is 2.00 bits per heavy atom. The number of likely N-dealkylation sites (N-methyl/N-ethyl adjacent to an activating group) is 1. The van der Waals surface area contributed by atoms with E-state index in [4.69, 9.17) is 4.74 Å². The molecule has 1 aromatic carbocycles. The Balaban J connectivity index is 2.95. The van der Waals surface area contributed by atoms with Gasteiger partial charge in [-0.1, -0.05) is 6.92 Å². The van der Waals surface area contributed by atoms with Gasteiger partial charge in [-0.05, 0) is 54.9 Å². The van der Waals surface area contributed by atoms with Crippen LogP contribution in [0, 0.1) is 11.6 Å². The fourth-order valence-corrected chi connectivity index (χ4v) is 2.50. The maximum absolute atomic E-state index is 14.0. The van der Waals surface area contributed by atoms with Crippen molar-refractivity contribution in [1.29, 1.82) is 0 Å². The lowest BCUT2D eigenvalue weighted by Gasteiger charge is -2.26. The third kappa shape index (κ3) is 4.23. The third-order valence-corrected chi connectivity index (χ3v) is 3.78. The summed E-state index contributed by atoms with van der Waals surface area (Å²) in [6, 6.07) is 2.53. The molecule has 5 heteroatoms. The molecular formula is C14H20BrF2NO. The lowest BCUT2D eigenvalue weighted by Crippen LogP contribution is -2.41. The molecule has 0 aromatic heterocycles. The van der Waals surface area contributed by atoms with Gasteiger partial charge in [0.2, 0.25) is 0 Å². The third-order valence-electron chi connectivity index (χ3n) is 3.17. The van der Waals surface area contributed by atoms with Crippen LogP contribution in [0.3, 0.4) is 0 Å². The topological polar surface area (TPSA) is 21.3 Å². The average Bonchev–Trinajstić information content (AvgIpc) is 2.41. The van der Waals surface area contributed by atoms with Crippen molar-refractivity contribution in [2.75, 3.05) is 13.7 Å². The van der Waals surface area contributed by atoms with Gasteiger partial charge in [-0.2, -0.15) is 0 Å². The molecule has 0 saturated carbocycles. The van der Waals surface area contributed by atoms with Gasteiger partial charge in [-0.25, -0.2) is 8.78 Å². The van der Waals surface area contributed by atoms with E-state index in [1.165, 1.54) is 12.1 Å². The minimum Gasteiger partial charge on any atom is -0.377 e. The van der Waals surface area contributed by atoms with Crippen LogP contribution in [0.25, 0.3) is 0 Å². The number of benzene rings is 1. The molecule has 108 valence electrons. The number of hydrogen-bond acceptors (Lipinski definition) is 2. The van der Waals surface area contributed by atoms with E-state index in [2.05, 4.69) is 21.2 Å². The molecule has 1 aromatic rings. The Morgan fingerprint density at radius 3 is 2.53 bits per heavy atom. The molecule has 2 nitrogen and oxygen atoms in total. The molecule has 0 aliphatic rings. The molecule has 1 rings (SSSR count). The summed E-state index contributed by atoms with van der Waals surface area (Å²) in [5, 5.41) is 3.09. The SMILES string of the molecule is CCOC(CC)C(Cc1c(F)ccc(Br)c1F)NC. The minimum absolute atomic E-state index is 0.0622. The summed E-state index contributed by atoms with van der Waals surface area (Å²) in [5.74, 6) is -1.06. The first-order valence-corrected chi connectivity index (χ1v) is 7.25. The fraction of sp³-hybridized carbons (Fsp3) is 0.571. The molecule has 0 fully saturated rings. The normalized spacial score (nSPS) is 14.4. The fourth-order valence-electron chi connectivity index (χ4n) is 2.13. The van der Waals surface area contributed by atoms with Crippen LogP contribution in [0.4, 0.5) is 8.78 Å². The molecule has 2 atom stereocenters. The molecule has 2 unspecified atom stereocenters. The second-order valence-corrected chi connectivity index (χ2v) is 5.18. The number of ether oxygens (including phenoxy) is 1. The molecule has 1 N–H and O–H groups in total. The van der Waals surface area contributed by atoms with E-state index < -0.39 is 11.6 Å². The highest BCUT2D eigenvalue weighted by molar-refractivity contribution is 9.10. The number of nitrogens with one attached hydrogen (secondary N) is 1. The maximum atomic E-state index is 14.0. The summed E-state index contributed by atoms with van der Waals surface area (Å²) in [4.78, 5) is 0. The Labute approximate surface area is 121 Å². The summed E-state index contributed by atoms with van der Waals surface area (Å²) in [5.41, 5.74) is 0.0897. The van der Waals surface area contributed by atoms with Gasteiger partial charge >= 0.3 is 0 Å². The number of hydrogen-bond donors (Lipinski definition) is 1. The number of halogens is 3. The largest absolute Gasteiger partial charge is 0.377 e. The van der Waals surface area contributed by atoms with Crippen LogP contribution in [-0.4, -0.2) is 25.8 Å². The molecular weight excluding hydrogens is 316 g/mol. The van der Waals surface area contributed by atoms with Crippen LogP contribution in [0.2, 0.25) is 0 Å². The monoisotopic (exact) mass is 335 g/mol. The van der Waals surface area contributed by atoms with Crippen LogP contribution in [0.1, 0.15) is 25.8 Å². The molecule has 0 aliphatic heterocycles. The zero-order chi connectivity index (χ0) is 14.4. The van der Waals surface area contributed by atoms with Crippen molar-refractivity contribution >= 4 is 15.9 Å². The van der Waals surface area contributed by atoms with Crippen LogP contribution in [-0.2, 0) is 11.2 Å². The molecule has 0 bridgehead atoms. The smallest absolute Gasteiger partial charge is 0.143 e. The molecule has 0 radical (unpaired) electrons. The van der Waals surface area contributed by atoms with E-state index in [0.29, 0.717) is 6.61 Å². The Morgan fingerprint density at radius 1 is 1.32 bits per heavy atom. The molecule has 19 heavy (non-hydrogen) atoms. The molecule has 0 aliphatic carbocycles. The molecule has 0 heterocycles. The van der Waals surface area contributed by atoms with Gasteiger partial charge in [0.1, 0.15) is 11.6 Å². The van der Waals surface area contributed by atoms with Gasteiger partial charge < -0.3 is 10.1 Å². The minimum atomic E-state index is -0.536. The maximum Gasteiger partial charge on any atom is 0.143 e. The van der Waals surface area contributed by atoms with Crippen molar-refractivity contribution in [3.63, 3.8) is 0 Å². The second-order valence-electron chi connectivity index (χ2n) is 4.32. The highest BCUT2D eigenvalue weighted by Crippen LogP contribution is 2.24. The quantitative estimate of drug-likeness (QED) is 0.767. The van der Waals surface area contributed by atoms with Crippen LogP contribution < -0.4 is 5.32 Å². The summed E-state index contributed by atoms with van der Waals surface area (Å²) in [7, 11) is 1.78. The first-order valence-electron chi connectivity index (χ1n) is 6.46. The number of rotatable bonds is 7. The predicted octanol–water partition coefficient (Wildman–Crippen LogP) is 3.67. The van der Waals surface area contributed by atoms with Gasteiger partial charge in [0.15, 0.2) is 0 Å². The average molecular weight is 336 g/mol. The highest BCUT2D eigenvalue weighted by atomic mass is 79.9. The lowest BCUT2D eigenvalue weighted by molar-refractivity contribution is 0.0335. The van der Waals surface area contributed by atoms with Crippen molar-refractivity contribution in [3.8, 4) is 0 Å². The lowest BCUT2D eigenvalue weighted by atomic mass is 9.99. The van der Waals surface area contributed by atoms with E-state index in [1.54, 1.807) is 7.05 Å². The van der Waals surface area contributed by atoms with Gasteiger partial charge in [-0.3, -0.25) is 0 Å². The van der Waals surface area contributed by atoms with Gasteiger partial charge in [0, 0.05) is 18.2 Å². The summed E-state index contributed by atoms with van der Waals surface area (Å²) in [6.07, 6.45) is 0.982. The Bertz CT molecular complexity index is 415. The molecule has 0 saturated heterocycles.